The Hall–Kier alpha value is -1.33. The summed E-state index contributed by atoms with van der Waals surface area (Å²) in [5.41, 5.74) is 3.33. The molecule has 1 aromatic heterocycles. The van der Waals surface area contributed by atoms with Crippen LogP contribution in [0.2, 0.25) is 0 Å². The monoisotopic (exact) mass is 334 g/mol. The van der Waals surface area contributed by atoms with Gasteiger partial charge in [-0.3, -0.25) is 4.79 Å². The van der Waals surface area contributed by atoms with E-state index in [2.05, 4.69) is 55.3 Å². The van der Waals surface area contributed by atoms with Crippen molar-refractivity contribution in [2.45, 2.75) is 37.3 Å². The van der Waals surface area contributed by atoms with E-state index in [4.69, 9.17) is 0 Å². The summed E-state index contributed by atoms with van der Waals surface area (Å²) in [6, 6.07) is 8.34. The molecule has 1 unspecified atom stereocenters. The molecule has 0 saturated carbocycles. The summed E-state index contributed by atoms with van der Waals surface area (Å²) in [4.78, 5) is 16.6. The largest absolute Gasteiger partial charge is 0.355 e. The molecule has 0 aliphatic rings. The first-order valence-electron chi connectivity index (χ1n) is 7.42. The summed E-state index contributed by atoms with van der Waals surface area (Å²) in [6.07, 6.45) is 0. The van der Waals surface area contributed by atoms with Gasteiger partial charge >= 0.3 is 0 Å². The normalized spacial score (nSPS) is 12.4. The van der Waals surface area contributed by atoms with Crippen molar-refractivity contribution in [1.82, 2.24) is 10.3 Å². The first kappa shape index (κ1) is 17.0. The quantitative estimate of drug-likeness (QED) is 0.798. The average Bonchev–Trinajstić information content (AvgIpc) is 2.93. The number of thioether (sulfide) groups is 1. The molecule has 118 valence electrons. The van der Waals surface area contributed by atoms with Crippen LogP contribution >= 0.6 is 23.1 Å². The molecule has 0 aliphatic carbocycles. The van der Waals surface area contributed by atoms with Crippen LogP contribution in [0.4, 0.5) is 0 Å². The molecule has 1 N–H and O–H groups in total. The Balaban J connectivity index is 1.96. The number of nitrogens with zero attached hydrogens (tertiary/aromatic N) is 1. The van der Waals surface area contributed by atoms with Gasteiger partial charge in [-0.1, -0.05) is 55.4 Å². The third-order valence-corrected chi connectivity index (χ3v) is 5.23. The molecule has 0 bridgehead atoms. The lowest BCUT2D eigenvalue weighted by Gasteiger charge is -2.11. The van der Waals surface area contributed by atoms with E-state index in [-0.39, 0.29) is 11.2 Å². The lowest BCUT2D eigenvalue weighted by molar-refractivity contribution is -0.120. The number of aromatic nitrogens is 1. The molecule has 0 radical (unpaired) electrons. The van der Waals surface area contributed by atoms with E-state index in [1.807, 2.05) is 12.3 Å². The van der Waals surface area contributed by atoms with E-state index in [0.717, 1.165) is 22.1 Å². The fourth-order valence-corrected chi connectivity index (χ4v) is 3.82. The molecular formula is C17H22N2OS2. The Morgan fingerprint density at radius 3 is 2.59 bits per heavy atom. The zero-order valence-electron chi connectivity index (χ0n) is 13.4. The fraction of sp³-hybridized carbons (Fsp3) is 0.412. The van der Waals surface area contributed by atoms with E-state index in [1.54, 1.807) is 11.3 Å². The van der Waals surface area contributed by atoms with Gasteiger partial charge in [-0.25, -0.2) is 4.98 Å². The number of nitrogens with one attached hydrogen (secondary N) is 1. The fourth-order valence-electron chi connectivity index (χ4n) is 1.82. The summed E-state index contributed by atoms with van der Waals surface area (Å²) in [7, 11) is 0. The van der Waals surface area contributed by atoms with E-state index in [0.29, 0.717) is 5.92 Å². The van der Waals surface area contributed by atoms with Gasteiger partial charge in [0.2, 0.25) is 5.91 Å². The second-order valence-corrected chi connectivity index (χ2v) is 8.21. The van der Waals surface area contributed by atoms with Gasteiger partial charge in [-0.05, 0) is 19.8 Å². The molecular weight excluding hydrogens is 312 g/mol. The van der Waals surface area contributed by atoms with Gasteiger partial charge < -0.3 is 5.32 Å². The number of aryl methyl sites for hydroxylation is 1. The summed E-state index contributed by atoms with van der Waals surface area (Å²) in [5, 5.41) is 4.88. The molecule has 3 nitrogen and oxygen atoms in total. The zero-order chi connectivity index (χ0) is 16.1. The van der Waals surface area contributed by atoms with Crippen molar-refractivity contribution in [2.75, 3.05) is 6.54 Å². The number of carbonyl (C=O) groups excluding carboxylic acids is 1. The Morgan fingerprint density at radius 1 is 1.27 bits per heavy atom. The Morgan fingerprint density at radius 2 is 1.95 bits per heavy atom. The lowest BCUT2D eigenvalue weighted by atomic mass is 10.1. The molecule has 5 heteroatoms. The number of hydrogen-bond donors (Lipinski definition) is 1. The van der Waals surface area contributed by atoms with Gasteiger partial charge in [0.1, 0.15) is 0 Å². The summed E-state index contributed by atoms with van der Waals surface area (Å²) in [5.74, 6) is 0.542. The van der Waals surface area contributed by atoms with Crippen molar-refractivity contribution in [3.63, 3.8) is 0 Å². The van der Waals surface area contributed by atoms with Crippen LogP contribution in [0.15, 0.2) is 34.0 Å². The molecule has 1 aromatic carbocycles. The molecule has 0 spiro atoms. The Kier molecular flexibility index (Phi) is 6.03. The standard InChI is InChI=1S/C17H22N2OS2/c1-11(2)9-18-16(20)13(4)22-17-19-15(10-21-17)14-7-5-12(3)6-8-14/h5-8,10-11,13H,9H2,1-4H3,(H,18,20). The molecule has 1 amide bonds. The van der Waals surface area contributed by atoms with Gasteiger partial charge in [-0.15, -0.1) is 11.3 Å². The van der Waals surface area contributed by atoms with Crippen molar-refractivity contribution in [2.24, 2.45) is 5.92 Å². The van der Waals surface area contributed by atoms with E-state index in [9.17, 15) is 4.79 Å². The van der Waals surface area contributed by atoms with Crippen molar-refractivity contribution >= 4 is 29.0 Å². The maximum Gasteiger partial charge on any atom is 0.233 e. The molecule has 1 atom stereocenters. The van der Waals surface area contributed by atoms with Crippen LogP contribution in [0.5, 0.6) is 0 Å². The van der Waals surface area contributed by atoms with Crippen molar-refractivity contribution in [3.05, 3.63) is 35.2 Å². The van der Waals surface area contributed by atoms with Gasteiger partial charge in [0, 0.05) is 17.5 Å². The number of benzene rings is 1. The smallest absolute Gasteiger partial charge is 0.233 e. The van der Waals surface area contributed by atoms with Gasteiger partial charge in [0.05, 0.1) is 10.9 Å². The third-order valence-electron chi connectivity index (χ3n) is 3.16. The summed E-state index contributed by atoms with van der Waals surface area (Å²) in [6.45, 7) is 8.90. The number of hydrogen-bond acceptors (Lipinski definition) is 4. The molecule has 0 saturated heterocycles. The van der Waals surface area contributed by atoms with Crippen LogP contribution in [-0.2, 0) is 4.79 Å². The van der Waals surface area contributed by atoms with Crippen LogP contribution in [0.1, 0.15) is 26.3 Å². The second-order valence-electron chi connectivity index (χ2n) is 5.76. The Labute approximate surface area is 140 Å². The second kappa shape index (κ2) is 7.79. The van der Waals surface area contributed by atoms with Gasteiger partial charge in [0.15, 0.2) is 4.34 Å². The predicted molar refractivity (Wildman–Crippen MR) is 95.5 cm³/mol. The first-order valence-corrected chi connectivity index (χ1v) is 9.18. The molecule has 0 aliphatic heterocycles. The topological polar surface area (TPSA) is 42.0 Å². The number of rotatable bonds is 6. The van der Waals surface area contributed by atoms with Crippen molar-refractivity contribution < 1.29 is 4.79 Å². The predicted octanol–water partition coefficient (Wildman–Crippen LogP) is 4.37. The minimum Gasteiger partial charge on any atom is -0.355 e. The van der Waals surface area contributed by atoms with Crippen molar-refractivity contribution in [3.8, 4) is 11.3 Å². The number of carbonyl (C=O) groups is 1. The first-order chi connectivity index (χ1) is 10.5. The highest BCUT2D eigenvalue weighted by Crippen LogP contribution is 2.30. The zero-order valence-corrected chi connectivity index (χ0v) is 15.1. The van der Waals surface area contributed by atoms with Crippen molar-refractivity contribution in [1.29, 1.82) is 0 Å². The molecule has 2 aromatic rings. The molecule has 22 heavy (non-hydrogen) atoms. The minimum absolute atomic E-state index is 0.0748. The molecule has 2 rings (SSSR count). The SMILES string of the molecule is Cc1ccc(-c2csc(SC(C)C(=O)NCC(C)C)n2)cc1. The number of thiazole rings is 1. The minimum atomic E-state index is -0.129. The average molecular weight is 335 g/mol. The van der Waals surface area contributed by atoms with Crippen LogP contribution in [0, 0.1) is 12.8 Å². The molecule has 0 fully saturated rings. The lowest BCUT2D eigenvalue weighted by Crippen LogP contribution is -2.33. The van der Waals surface area contributed by atoms with E-state index in [1.165, 1.54) is 17.3 Å². The highest BCUT2D eigenvalue weighted by molar-refractivity contribution is 8.02. The maximum atomic E-state index is 12.0. The maximum absolute atomic E-state index is 12.0. The summed E-state index contributed by atoms with van der Waals surface area (Å²) < 4.78 is 0.933. The van der Waals surface area contributed by atoms with E-state index < -0.39 is 0 Å². The van der Waals surface area contributed by atoms with Crippen LogP contribution in [0.25, 0.3) is 11.3 Å². The highest BCUT2D eigenvalue weighted by atomic mass is 32.2. The van der Waals surface area contributed by atoms with Gasteiger partial charge in [-0.2, -0.15) is 0 Å². The molecule has 1 heterocycles. The Bertz CT molecular complexity index is 620. The van der Waals surface area contributed by atoms with Gasteiger partial charge in [0.25, 0.3) is 0 Å². The van der Waals surface area contributed by atoms with Crippen LogP contribution in [0.3, 0.4) is 0 Å². The highest BCUT2D eigenvalue weighted by Gasteiger charge is 2.16. The summed E-state index contributed by atoms with van der Waals surface area (Å²) >= 11 is 3.11. The van der Waals surface area contributed by atoms with Crippen LogP contribution in [-0.4, -0.2) is 22.7 Å². The van der Waals surface area contributed by atoms with Crippen LogP contribution < -0.4 is 5.32 Å². The van der Waals surface area contributed by atoms with E-state index >= 15 is 0 Å². The number of amides is 1. The third kappa shape index (κ3) is 4.85.